The standard InChI is InChI=1S/C24H25O4P/c1-3-26-29(25,27-4-2)24(22-18-12-7-13-19-22)23(28-24,20-14-8-5-9-15-20)21-16-10-6-11-17-21/h5-19H,3-4H2,1-2H3. The highest BCUT2D eigenvalue weighted by molar-refractivity contribution is 7.55. The van der Waals surface area contributed by atoms with E-state index in [0.717, 1.165) is 16.7 Å². The minimum Gasteiger partial charge on any atom is -0.334 e. The molecule has 0 saturated carbocycles. The highest BCUT2D eigenvalue weighted by Gasteiger charge is 2.82. The lowest BCUT2D eigenvalue weighted by Gasteiger charge is -2.28. The molecular formula is C24H25O4P. The first-order valence-electron chi connectivity index (χ1n) is 9.90. The van der Waals surface area contributed by atoms with Gasteiger partial charge in [-0.2, -0.15) is 0 Å². The van der Waals surface area contributed by atoms with Gasteiger partial charge in [0.2, 0.25) is 5.34 Å². The van der Waals surface area contributed by atoms with Gasteiger partial charge in [0.15, 0.2) is 5.60 Å². The van der Waals surface area contributed by atoms with E-state index in [1.807, 2.05) is 105 Å². The van der Waals surface area contributed by atoms with E-state index in [1.54, 1.807) is 0 Å². The van der Waals surface area contributed by atoms with Gasteiger partial charge in [0.05, 0.1) is 13.2 Å². The fraction of sp³-hybridized carbons (Fsp3) is 0.250. The van der Waals surface area contributed by atoms with Crippen LogP contribution in [0.3, 0.4) is 0 Å². The molecule has 1 aliphatic rings. The third-order valence-electron chi connectivity index (χ3n) is 5.25. The maximum atomic E-state index is 14.3. The molecule has 4 nitrogen and oxygen atoms in total. The summed E-state index contributed by atoms with van der Waals surface area (Å²) in [5.74, 6) is 0. The molecular weight excluding hydrogens is 383 g/mol. The predicted molar refractivity (Wildman–Crippen MR) is 114 cm³/mol. The molecule has 0 spiro atoms. The molecule has 0 bridgehead atoms. The Morgan fingerprint density at radius 1 is 0.690 bits per heavy atom. The third-order valence-corrected chi connectivity index (χ3v) is 7.88. The van der Waals surface area contributed by atoms with Gasteiger partial charge < -0.3 is 13.8 Å². The number of ether oxygens (including phenoxy) is 1. The Balaban J connectivity index is 2.03. The average Bonchev–Trinajstić information content (AvgIpc) is 3.50. The van der Waals surface area contributed by atoms with E-state index in [1.165, 1.54) is 0 Å². The molecule has 4 rings (SSSR count). The maximum absolute atomic E-state index is 14.3. The van der Waals surface area contributed by atoms with Gasteiger partial charge in [-0.15, -0.1) is 0 Å². The van der Waals surface area contributed by atoms with Crippen LogP contribution in [0.4, 0.5) is 0 Å². The first-order chi connectivity index (χ1) is 14.1. The molecule has 29 heavy (non-hydrogen) atoms. The second-order valence-electron chi connectivity index (χ2n) is 6.86. The molecule has 1 saturated heterocycles. The lowest BCUT2D eigenvalue weighted by molar-refractivity contribution is 0.187. The predicted octanol–water partition coefficient (Wildman–Crippen LogP) is 6.08. The van der Waals surface area contributed by atoms with Gasteiger partial charge in [-0.25, -0.2) is 0 Å². The molecule has 1 unspecified atom stereocenters. The molecule has 1 aliphatic heterocycles. The second kappa shape index (κ2) is 7.89. The van der Waals surface area contributed by atoms with Crippen molar-refractivity contribution in [2.75, 3.05) is 13.2 Å². The summed E-state index contributed by atoms with van der Waals surface area (Å²) in [7, 11) is -3.71. The Morgan fingerprint density at radius 2 is 1.07 bits per heavy atom. The fourth-order valence-corrected chi connectivity index (χ4v) is 6.59. The molecule has 0 N–H and O–H groups in total. The minimum absolute atomic E-state index is 0.259. The van der Waals surface area contributed by atoms with Crippen molar-refractivity contribution in [1.82, 2.24) is 0 Å². The molecule has 0 amide bonds. The van der Waals surface area contributed by atoms with Gasteiger partial charge in [0, 0.05) is 0 Å². The zero-order valence-electron chi connectivity index (χ0n) is 16.7. The van der Waals surface area contributed by atoms with Gasteiger partial charge in [-0.3, -0.25) is 4.57 Å². The van der Waals surface area contributed by atoms with Crippen LogP contribution in [0.15, 0.2) is 91.0 Å². The van der Waals surface area contributed by atoms with Gasteiger partial charge in [0.25, 0.3) is 0 Å². The highest BCUT2D eigenvalue weighted by Crippen LogP contribution is 2.84. The molecule has 1 fully saturated rings. The summed E-state index contributed by atoms with van der Waals surface area (Å²) in [6.45, 7) is 4.16. The van der Waals surface area contributed by atoms with Crippen molar-refractivity contribution >= 4 is 7.60 Å². The summed E-state index contributed by atoms with van der Waals surface area (Å²) in [5, 5.41) is -1.27. The number of hydrogen-bond acceptors (Lipinski definition) is 4. The normalized spacial score (nSPS) is 20.3. The second-order valence-corrected chi connectivity index (χ2v) is 9.00. The van der Waals surface area contributed by atoms with E-state index in [9.17, 15) is 4.57 Å². The maximum Gasteiger partial charge on any atom is 0.370 e. The Kier molecular flexibility index (Phi) is 5.46. The Hall–Kier alpha value is -2.23. The Morgan fingerprint density at radius 3 is 1.45 bits per heavy atom. The van der Waals surface area contributed by atoms with Gasteiger partial charge in [-0.05, 0) is 30.5 Å². The summed E-state index contributed by atoms with van der Waals surface area (Å²) in [6.07, 6.45) is 0. The number of epoxide rings is 1. The SMILES string of the molecule is CCOP(=O)(OCC)C1(c2ccccc2)OC1(c1ccccc1)c1ccccc1. The van der Waals surface area contributed by atoms with E-state index in [-0.39, 0.29) is 13.2 Å². The molecule has 3 aromatic carbocycles. The molecule has 3 aromatic rings. The molecule has 150 valence electrons. The fourth-order valence-electron chi connectivity index (χ4n) is 4.11. The third kappa shape index (κ3) is 2.99. The van der Waals surface area contributed by atoms with Crippen LogP contribution in [0.1, 0.15) is 30.5 Å². The van der Waals surface area contributed by atoms with Gasteiger partial charge in [0.1, 0.15) is 0 Å². The zero-order chi connectivity index (χ0) is 20.4. The quantitative estimate of drug-likeness (QED) is 0.335. The first-order valence-corrected chi connectivity index (χ1v) is 11.4. The van der Waals surface area contributed by atoms with E-state index in [2.05, 4.69) is 0 Å². The van der Waals surface area contributed by atoms with Crippen LogP contribution in [0.2, 0.25) is 0 Å². The van der Waals surface area contributed by atoms with Crippen LogP contribution in [-0.2, 0) is 29.3 Å². The van der Waals surface area contributed by atoms with Crippen molar-refractivity contribution in [3.63, 3.8) is 0 Å². The van der Waals surface area contributed by atoms with Crippen LogP contribution in [-0.4, -0.2) is 13.2 Å². The van der Waals surface area contributed by atoms with E-state index in [0.29, 0.717) is 0 Å². The molecule has 1 heterocycles. The van der Waals surface area contributed by atoms with Crippen LogP contribution in [0.25, 0.3) is 0 Å². The summed E-state index contributed by atoms with van der Waals surface area (Å²) in [4.78, 5) is 0. The summed E-state index contributed by atoms with van der Waals surface area (Å²) < 4.78 is 32.6. The zero-order valence-corrected chi connectivity index (χ0v) is 17.5. The van der Waals surface area contributed by atoms with Gasteiger partial charge in [-0.1, -0.05) is 91.0 Å². The molecule has 5 heteroatoms. The molecule has 0 radical (unpaired) electrons. The van der Waals surface area contributed by atoms with Crippen molar-refractivity contribution < 1.29 is 18.3 Å². The smallest absolute Gasteiger partial charge is 0.334 e. The van der Waals surface area contributed by atoms with E-state index in [4.69, 9.17) is 13.8 Å². The number of hydrogen-bond donors (Lipinski definition) is 0. The van der Waals surface area contributed by atoms with E-state index < -0.39 is 18.5 Å². The van der Waals surface area contributed by atoms with Crippen LogP contribution >= 0.6 is 7.60 Å². The Bertz CT molecular complexity index is 942. The first kappa shape index (κ1) is 20.1. The van der Waals surface area contributed by atoms with E-state index >= 15 is 0 Å². The lowest BCUT2D eigenvalue weighted by atomic mass is 9.85. The van der Waals surface area contributed by atoms with Crippen LogP contribution in [0.5, 0.6) is 0 Å². The van der Waals surface area contributed by atoms with Crippen molar-refractivity contribution in [1.29, 1.82) is 0 Å². The molecule has 1 atom stereocenters. The van der Waals surface area contributed by atoms with Crippen molar-refractivity contribution in [2.24, 2.45) is 0 Å². The number of benzene rings is 3. The molecule has 0 aliphatic carbocycles. The topological polar surface area (TPSA) is 48.1 Å². The van der Waals surface area contributed by atoms with Crippen molar-refractivity contribution in [2.45, 2.75) is 24.8 Å². The van der Waals surface area contributed by atoms with Crippen LogP contribution in [0, 0.1) is 0 Å². The summed E-state index contributed by atoms with van der Waals surface area (Å²) in [6, 6.07) is 29.4. The van der Waals surface area contributed by atoms with Crippen molar-refractivity contribution in [3.8, 4) is 0 Å². The minimum atomic E-state index is -3.71. The van der Waals surface area contributed by atoms with Crippen molar-refractivity contribution in [3.05, 3.63) is 108 Å². The van der Waals surface area contributed by atoms with Gasteiger partial charge >= 0.3 is 7.60 Å². The van der Waals surface area contributed by atoms with Crippen LogP contribution < -0.4 is 0 Å². The monoisotopic (exact) mass is 408 g/mol. The highest BCUT2D eigenvalue weighted by atomic mass is 31.2. The average molecular weight is 408 g/mol. The molecule has 0 aromatic heterocycles. The lowest BCUT2D eigenvalue weighted by Crippen LogP contribution is -2.26. The summed E-state index contributed by atoms with van der Waals surface area (Å²) in [5.41, 5.74) is 1.62. The largest absolute Gasteiger partial charge is 0.370 e. The number of rotatable bonds is 8. The summed E-state index contributed by atoms with van der Waals surface area (Å²) >= 11 is 0. The Labute approximate surface area is 172 Å².